The summed E-state index contributed by atoms with van der Waals surface area (Å²) in [5.74, 6) is -0.160. The number of nitrogens with one attached hydrogen (secondary N) is 1. The average Bonchev–Trinajstić information content (AvgIpc) is 2.91. The van der Waals surface area contributed by atoms with Crippen molar-refractivity contribution in [2.45, 2.75) is 13.0 Å². The molecule has 0 bridgehead atoms. The number of sulfonamides is 1. The van der Waals surface area contributed by atoms with Crippen LogP contribution in [0, 0.1) is 0 Å². The molecule has 2 aromatic rings. The SMILES string of the molecule is CO[C@H](C)CS(=O)(=O)Nc1cc(Cl)ccc1-n1cncn1. The van der Waals surface area contributed by atoms with Gasteiger partial charge in [0.25, 0.3) is 0 Å². The van der Waals surface area contributed by atoms with E-state index in [1.54, 1.807) is 19.1 Å². The van der Waals surface area contributed by atoms with Gasteiger partial charge in [0, 0.05) is 12.1 Å². The maximum absolute atomic E-state index is 12.1. The third kappa shape index (κ3) is 4.16. The molecule has 0 aliphatic rings. The molecule has 2 rings (SSSR count). The first-order chi connectivity index (χ1) is 9.91. The van der Waals surface area contributed by atoms with Crippen molar-refractivity contribution in [3.8, 4) is 5.69 Å². The second-order valence-electron chi connectivity index (χ2n) is 4.43. The lowest BCUT2D eigenvalue weighted by Crippen LogP contribution is -2.26. The van der Waals surface area contributed by atoms with Crippen molar-refractivity contribution >= 4 is 27.3 Å². The second kappa shape index (κ2) is 6.42. The number of methoxy groups -OCH3 is 1. The fourth-order valence-electron chi connectivity index (χ4n) is 1.71. The van der Waals surface area contributed by atoms with Crippen molar-refractivity contribution in [3.63, 3.8) is 0 Å². The van der Waals surface area contributed by atoms with E-state index in [2.05, 4.69) is 14.8 Å². The van der Waals surface area contributed by atoms with Crippen molar-refractivity contribution in [1.29, 1.82) is 0 Å². The number of aromatic nitrogens is 3. The molecule has 21 heavy (non-hydrogen) atoms. The Morgan fingerprint density at radius 1 is 1.48 bits per heavy atom. The number of anilines is 1. The van der Waals surface area contributed by atoms with E-state index >= 15 is 0 Å². The van der Waals surface area contributed by atoms with E-state index in [9.17, 15) is 8.42 Å². The van der Waals surface area contributed by atoms with Crippen LogP contribution in [0.5, 0.6) is 0 Å². The van der Waals surface area contributed by atoms with Crippen molar-refractivity contribution in [1.82, 2.24) is 14.8 Å². The Labute approximate surface area is 128 Å². The minimum absolute atomic E-state index is 0.160. The molecule has 1 atom stereocenters. The van der Waals surface area contributed by atoms with Crippen LogP contribution >= 0.6 is 11.6 Å². The highest BCUT2D eigenvalue weighted by Crippen LogP contribution is 2.25. The molecular weight excluding hydrogens is 316 g/mol. The van der Waals surface area contributed by atoms with Crippen molar-refractivity contribution < 1.29 is 13.2 Å². The summed E-state index contributed by atoms with van der Waals surface area (Å²) in [5.41, 5.74) is 0.863. The average molecular weight is 331 g/mol. The molecule has 1 aromatic heterocycles. The molecule has 7 nitrogen and oxygen atoms in total. The van der Waals surface area contributed by atoms with Crippen LogP contribution in [0.25, 0.3) is 5.69 Å². The zero-order valence-electron chi connectivity index (χ0n) is 11.5. The highest BCUT2D eigenvalue weighted by atomic mass is 35.5. The van der Waals surface area contributed by atoms with Crippen LogP contribution in [0.3, 0.4) is 0 Å². The van der Waals surface area contributed by atoms with Gasteiger partial charge in [-0.05, 0) is 25.1 Å². The monoisotopic (exact) mass is 330 g/mol. The van der Waals surface area contributed by atoms with Gasteiger partial charge in [0.05, 0.1) is 23.2 Å². The van der Waals surface area contributed by atoms with E-state index in [1.807, 2.05) is 0 Å². The highest BCUT2D eigenvalue weighted by Gasteiger charge is 2.18. The van der Waals surface area contributed by atoms with Crippen LogP contribution in [0.15, 0.2) is 30.9 Å². The zero-order valence-corrected chi connectivity index (χ0v) is 13.1. The van der Waals surface area contributed by atoms with Crippen LogP contribution in [0.4, 0.5) is 5.69 Å². The van der Waals surface area contributed by atoms with Crippen molar-refractivity contribution in [3.05, 3.63) is 35.9 Å². The van der Waals surface area contributed by atoms with Crippen LogP contribution < -0.4 is 4.72 Å². The van der Waals surface area contributed by atoms with E-state index < -0.39 is 16.1 Å². The first-order valence-electron chi connectivity index (χ1n) is 6.09. The Morgan fingerprint density at radius 2 is 2.24 bits per heavy atom. The molecule has 0 saturated heterocycles. The second-order valence-corrected chi connectivity index (χ2v) is 6.63. The number of hydrogen-bond donors (Lipinski definition) is 1. The number of rotatable bonds is 6. The molecule has 0 unspecified atom stereocenters. The van der Waals surface area contributed by atoms with Crippen LogP contribution in [-0.2, 0) is 14.8 Å². The molecule has 0 fully saturated rings. The maximum atomic E-state index is 12.1. The Kier molecular flexibility index (Phi) is 4.81. The highest BCUT2D eigenvalue weighted by molar-refractivity contribution is 7.92. The first kappa shape index (κ1) is 15.7. The topological polar surface area (TPSA) is 86.1 Å². The molecule has 0 amide bonds. The third-order valence-electron chi connectivity index (χ3n) is 2.75. The third-order valence-corrected chi connectivity index (χ3v) is 4.42. The number of ether oxygens (including phenoxy) is 1. The maximum Gasteiger partial charge on any atom is 0.235 e. The standard InChI is InChI=1S/C12H15ClN4O3S/c1-9(20-2)6-21(18,19)16-11-5-10(13)3-4-12(11)17-8-14-7-15-17/h3-5,7-9,16H,6H2,1-2H3/t9-/m1/s1. The summed E-state index contributed by atoms with van der Waals surface area (Å²) in [4.78, 5) is 3.84. The molecule has 1 heterocycles. The fraction of sp³-hybridized carbons (Fsp3) is 0.333. The summed E-state index contributed by atoms with van der Waals surface area (Å²) in [6.07, 6.45) is 2.41. The Hall–Kier alpha value is -1.64. The summed E-state index contributed by atoms with van der Waals surface area (Å²) < 4.78 is 33.2. The van der Waals surface area contributed by atoms with E-state index in [0.29, 0.717) is 16.4 Å². The predicted molar refractivity (Wildman–Crippen MR) is 80.2 cm³/mol. The van der Waals surface area contributed by atoms with Gasteiger partial charge in [0.1, 0.15) is 12.7 Å². The number of benzene rings is 1. The van der Waals surface area contributed by atoms with E-state index in [4.69, 9.17) is 16.3 Å². The van der Waals surface area contributed by atoms with Gasteiger partial charge in [0.15, 0.2) is 0 Å². The lowest BCUT2D eigenvalue weighted by molar-refractivity contribution is 0.136. The van der Waals surface area contributed by atoms with Crippen LogP contribution in [0.2, 0.25) is 5.02 Å². The molecule has 114 valence electrons. The Bertz CT molecular complexity index is 703. The number of nitrogens with zero attached hydrogens (tertiary/aromatic N) is 3. The van der Waals surface area contributed by atoms with Gasteiger partial charge in [-0.15, -0.1) is 0 Å². The van der Waals surface area contributed by atoms with E-state index in [0.717, 1.165) is 0 Å². The van der Waals surface area contributed by atoms with Gasteiger partial charge < -0.3 is 4.74 Å². The van der Waals surface area contributed by atoms with E-state index in [-0.39, 0.29) is 5.75 Å². The molecule has 0 saturated carbocycles. The summed E-state index contributed by atoms with van der Waals surface area (Å²) >= 11 is 5.94. The molecular formula is C12H15ClN4O3S. The molecule has 0 aliphatic heterocycles. The molecule has 1 N–H and O–H groups in total. The molecule has 9 heteroatoms. The van der Waals surface area contributed by atoms with Gasteiger partial charge in [-0.2, -0.15) is 5.10 Å². The quantitative estimate of drug-likeness (QED) is 0.871. The summed E-state index contributed by atoms with van der Waals surface area (Å²) in [5, 5.41) is 4.40. The van der Waals surface area contributed by atoms with Crippen molar-refractivity contribution in [2.24, 2.45) is 0 Å². The molecule has 1 aromatic carbocycles. The molecule has 0 radical (unpaired) electrons. The minimum Gasteiger partial charge on any atom is -0.381 e. The van der Waals surface area contributed by atoms with Crippen molar-refractivity contribution in [2.75, 3.05) is 17.6 Å². The number of halogens is 1. The first-order valence-corrected chi connectivity index (χ1v) is 8.12. The van der Waals surface area contributed by atoms with Crippen LogP contribution in [0.1, 0.15) is 6.92 Å². The Morgan fingerprint density at radius 3 is 2.86 bits per heavy atom. The minimum atomic E-state index is -3.57. The summed E-state index contributed by atoms with van der Waals surface area (Å²) in [7, 11) is -2.11. The Balaban J connectivity index is 2.33. The molecule has 0 spiro atoms. The van der Waals surface area contributed by atoms with Gasteiger partial charge in [-0.1, -0.05) is 11.6 Å². The fourth-order valence-corrected chi connectivity index (χ4v) is 3.22. The van der Waals surface area contributed by atoms with Gasteiger partial charge >= 0.3 is 0 Å². The number of hydrogen-bond acceptors (Lipinski definition) is 5. The van der Waals surface area contributed by atoms with Crippen LogP contribution in [-0.4, -0.2) is 42.1 Å². The summed E-state index contributed by atoms with van der Waals surface area (Å²) in [6.45, 7) is 1.68. The van der Waals surface area contributed by atoms with Gasteiger partial charge in [-0.3, -0.25) is 4.72 Å². The largest absolute Gasteiger partial charge is 0.381 e. The van der Waals surface area contributed by atoms with Gasteiger partial charge in [0.2, 0.25) is 10.0 Å². The van der Waals surface area contributed by atoms with Gasteiger partial charge in [-0.25, -0.2) is 18.1 Å². The smallest absolute Gasteiger partial charge is 0.235 e. The van der Waals surface area contributed by atoms with E-state index in [1.165, 1.54) is 30.5 Å². The zero-order chi connectivity index (χ0) is 15.5. The predicted octanol–water partition coefficient (Wildman–Crippen LogP) is 1.70. The lowest BCUT2D eigenvalue weighted by Gasteiger charge is -2.15. The molecule has 0 aliphatic carbocycles. The normalized spacial score (nSPS) is 13.1. The lowest BCUT2D eigenvalue weighted by atomic mass is 10.3. The summed E-state index contributed by atoms with van der Waals surface area (Å²) in [6, 6.07) is 4.83.